The summed E-state index contributed by atoms with van der Waals surface area (Å²) in [7, 11) is 0. The van der Waals surface area contributed by atoms with Crippen molar-refractivity contribution in [3.8, 4) is 0 Å². The Labute approximate surface area is 406 Å². The average Bonchev–Trinajstić information content (AvgIpc) is 3.33. The predicted octanol–water partition coefficient (Wildman–Crippen LogP) is 7.04. The molecule has 0 aromatic heterocycles. The summed E-state index contributed by atoms with van der Waals surface area (Å²) in [5, 5.41) is 72.1. The van der Waals surface area contributed by atoms with Crippen LogP contribution in [0.2, 0.25) is 0 Å². The van der Waals surface area contributed by atoms with E-state index in [4.69, 9.17) is 28.4 Å². The highest BCUT2D eigenvalue weighted by atomic mass is 16.7. The molecule has 0 radical (unpaired) electrons. The largest absolute Gasteiger partial charge is 0.462 e. The summed E-state index contributed by atoms with van der Waals surface area (Å²) >= 11 is 0. The number of ether oxygens (including phenoxy) is 6. The van der Waals surface area contributed by atoms with Gasteiger partial charge in [-0.1, -0.05) is 132 Å². The molecule has 0 aromatic rings. The number of carbonyl (C=O) groups is 2. The Hall–Kier alpha value is -3.06. The molecule has 2 rings (SSSR count). The van der Waals surface area contributed by atoms with Gasteiger partial charge in [0.2, 0.25) is 0 Å². The first-order valence-electron chi connectivity index (χ1n) is 25.5. The molecule has 2 aliphatic heterocycles. The molecule has 2 heterocycles. The predicted molar refractivity (Wildman–Crippen MR) is 261 cm³/mol. The summed E-state index contributed by atoms with van der Waals surface area (Å²) in [5.74, 6) is -0.989. The number of aliphatic hydroxyl groups excluding tert-OH is 7. The molecule has 0 aliphatic carbocycles. The number of unbranched alkanes of at least 4 members (excludes halogenated alkanes) is 12. The zero-order chi connectivity index (χ0) is 49.6. The maximum Gasteiger partial charge on any atom is 0.306 e. The number of hydrogen-bond donors (Lipinski definition) is 7. The molecule has 68 heavy (non-hydrogen) atoms. The minimum atomic E-state index is -1.78. The van der Waals surface area contributed by atoms with E-state index in [1.54, 1.807) is 0 Å². The van der Waals surface area contributed by atoms with Crippen molar-refractivity contribution in [2.75, 3.05) is 26.4 Å². The highest BCUT2D eigenvalue weighted by Gasteiger charge is 2.47. The molecule has 2 aliphatic rings. The lowest BCUT2D eigenvalue weighted by atomic mass is 9.98. The third-order valence-electron chi connectivity index (χ3n) is 11.7. The van der Waals surface area contributed by atoms with Gasteiger partial charge in [0.05, 0.1) is 19.8 Å². The fraction of sp³-hybridized carbons (Fsp3) is 0.736. The Kier molecular flexibility index (Phi) is 35.6. The van der Waals surface area contributed by atoms with Crippen molar-refractivity contribution in [1.82, 2.24) is 0 Å². The molecule has 15 nitrogen and oxygen atoms in total. The SMILES string of the molecule is CC/C=C\C/C=C\C/C=C\C/C=C\CCCCC(=O)OC(COC(=O)CCCCCCCCC/C=C\C/C=C\CCCCC)COC1OC(COC2OC(CO)C(O)C(O)C2O)C(O)C(O)C1O. The highest BCUT2D eigenvalue weighted by molar-refractivity contribution is 5.70. The van der Waals surface area contributed by atoms with Gasteiger partial charge in [0.15, 0.2) is 18.7 Å². The zero-order valence-corrected chi connectivity index (χ0v) is 41.1. The third kappa shape index (κ3) is 27.4. The standard InChI is InChI=1S/C53H88O15/c1-3-5-7-9-11-13-15-17-19-20-22-23-25-27-29-31-33-35-44(55)63-38-41(66-45(56)36-34-32-30-28-26-24-21-18-16-14-12-10-8-6-4-2)39-64-52-51(62)49(60)47(58)43(68-52)40-65-53-50(61)48(59)46(57)42(37-54)67-53/h6,8,11-14,17-19,21,26,28,41-43,46-54,57-62H,3-5,7,9-10,15-16,20,22-25,27,29-40H2,1-2H3/b8-6-,13-11-,14-12-,19-17-,21-18-,28-26-. The molecule has 0 amide bonds. The van der Waals surface area contributed by atoms with Gasteiger partial charge in [0.25, 0.3) is 0 Å². The van der Waals surface area contributed by atoms with Crippen LogP contribution in [0, 0.1) is 0 Å². The molecule has 0 saturated carbocycles. The molecule has 15 heteroatoms. The van der Waals surface area contributed by atoms with E-state index in [1.807, 2.05) is 0 Å². The van der Waals surface area contributed by atoms with Crippen molar-refractivity contribution in [3.63, 3.8) is 0 Å². The average molecular weight is 965 g/mol. The van der Waals surface area contributed by atoms with Gasteiger partial charge < -0.3 is 64.2 Å². The summed E-state index contributed by atoms with van der Waals surface area (Å²) in [6.45, 7) is 2.38. The van der Waals surface area contributed by atoms with Crippen molar-refractivity contribution in [1.29, 1.82) is 0 Å². The van der Waals surface area contributed by atoms with Crippen LogP contribution in [0.15, 0.2) is 72.9 Å². The van der Waals surface area contributed by atoms with Gasteiger partial charge in [-0.05, 0) is 83.5 Å². The minimum Gasteiger partial charge on any atom is -0.462 e. The second-order valence-electron chi connectivity index (χ2n) is 17.6. The smallest absolute Gasteiger partial charge is 0.306 e. The van der Waals surface area contributed by atoms with Gasteiger partial charge in [-0.25, -0.2) is 0 Å². The van der Waals surface area contributed by atoms with Crippen LogP contribution in [-0.2, 0) is 38.0 Å². The first kappa shape index (κ1) is 61.1. The summed E-state index contributed by atoms with van der Waals surface area (Å²) < 4.78 is 33.5. The van der Waals surface area contributed by atoms with Gasteiger partial charge >= 0.3 is 11.9 Å². The van der Waals surface area contributed by atoms with Crippen LogP contribution in [0.1, 0.15) is 155 Å². The number of aliphatic hydroxyl groups is 7. The van der Waals surface area contributed by atoms with Crippen molar-refractivity contribution >= 4 is 11.9 Å². The monoisotopic (exact) mass is 965 g/mol. The first-order chi connectivity index (χ1) is 33.0. The zero-order valence-electron chi connectivity index (χ0n) is 41.1. The molecule has 2 saturated heterocycles. The van der Waals surface area contributed by atoms with Crippen LogP contribution in [-0.4, -0.2) is 142 Å². The summed E-state index contributed by atoms with van der Waals surface area (Å²) in [5.41, 5.74) is 0. The molecule has 0 aromatic carbocycles. The Morgan fingerprint density at radius 2 is 0.926 bits per heavy atom. The number of allylic oxidation sites excluding steroid dienone is 12. The number of hydrogen-bond acceptors (Lipinski definition) is 15. The van der Waals surface area contributed by atoms with Crippen molar-refractivity contribution in [2.24, 2.45) is 0 Å². The third-order valence-corrected chi connectivity index (χ3v) is 11.7. The Balaban J connectivity index is 1.83. The van der Waals surface area contributed by atoms with E-state index in [0.29, 0.717) is 12.8 Å². The molecule has 0 bridgehead atoms. The minimum absolute atomic E-state index is 0.107. The molecular formula is C53H88O15. The normalized spacial score (nSPS) is 26.4. The molecule has 11 atom stereocenters. The van der Waals surface area contributed by atoms with Gasteiger partial charge in [-0.15, -0.1) is 0 Å². The summed E-state index contributed by atoms with van der Waals surface area (Å²) in [6.07, 6.45) is 29.3. The molecule has 2 fully saturated rings. The summed E-state index contributed by atoms with van der Waals surface area (Å²) in [6, 6.07) is 0. The van der Waals surface area contributed by atoms with Crippen LogP contribution in [0.4, 0.5) is 0 Å². The van der Waals surface area contributed by atoms with Gasteiger partial charge in [-0.2, -0.15) is 0 Å². The number of carbonyl (C=O) groups excluding carboxylic acids is 2. The van der Waals surface area contributed by atoms with Crippen LogP contribution in [0.3, 0.4) is 0 Å². The van der Waals surface area contributed by atoms with Crippen molar-refractivity contribution in [2.45, 2.75) is 223 Å². The quantitative estimate of drug-likeness (QED) is 0.0187. The van der Waals surface area contributed by atoms with E-state index in [0.717, 1.165) is 77.0 Å². The van der Waals surface area contributed by atoms with Crippen LogP contribution < -0.4 is 0 Å². The van der Waals surface area contributed by atoms with Crippen molar-refractivity contribution < 1.29 is 73.8 Å². The van der Waals surface area contributed by atoms with E-state index in [1.165, 1.54) is 38.5 Å². The Morgan fingerprint density at radius 3 is 1.49 bits per heavy atom. The van der Waals surface area contributed by atoms with E-state index in [2.05, 4.69) is 86.8 Å². The van der Waals surface area contributed by atoms with Gasteiger partial charge in [0, 0.05) is 12.8 Å². The summed E-state index contributed by atoms with van der Waals surface area (Å²) in [4.78, 5) is 25.7. The van der Waals surface area contributed by atoms with Crippen LogP contribution in [0.25, 0.3) is 0 Å². The van der Waals surface area contributed by atoms with Crippen LogP contribution in [0.5, 0.6) is 0 Å². The molecule has 390 valence electrons. The van der Waals surface area contributed by atoms with Crippen LogP contribution >= 0.6 is 0 Å². The first-order valence-corrected chi connectivity index (χ1v) is 25.5. The lowest BCUT2D eigenvalue weighted by Gasteiger charge is -2.42. The lowest BCUT2D eigenvalue weighted by Crippen LogP contribution is -2.61. The molecule has 11 unspecified atom stereocenters. The second kappa shape index (κ2) is 39.6. The van der Waals surface area contributed by atoms with Gasteiger partial charge in [-0.3, -0.25) is 9.59 Å². The topological polar surface area (TPSA) is 231 Å². The maximum atomic E-state index is 13.0. The number of esters is 2. The van der Waals surface area contributed by atoms with Gasteiger partial charge in [0.1, 0.15) is 55.4 Å². The Bertz CT molecular complexity index is 1460. The van der Waals surface area contributed by atoms with Crippen molar-refractivity contribution in [3.05, 3.63) is 72.9 Å². The van der Waals surface area contributed by atoms with E-state index in [9.17, 15) is 45.3 Å². The molecular weight excluding hydrogens is 877 g/mol. The second-order valence-corrected chi connectivity index (χ2v) is 17.6. The fourth-order valence-corrected chi connectivity index (χ4v) is 7.47. The van der Waals surface area contributed by atoms with E-state index in [-0.39, 0.29) is 19.4 Å². The molecule has 0 spiro atoms. The number of rotatable bonds is 38. The lowest BCUT2D eigenvalue weighted by molar-refractivity contribution is -0.332. The Morgan fingerprint density at radius 1 is 0.485 bits per heavy atom. The molecule has 7 N–H and O–H groups in total. The van der Waals surface area contributed by atoms with E-state index < -0.39 is 99.3 Å². The highest BCUT2D eigenvalue weighted by Crippen LogP contribution is 2.26. The fourth-order valence-electron chi connectivity index (χ4n) is 7.47. The maximum absolute atomic E-state index is 13.0. The van der Waals surface area contributed by atoms with E-state index >= 15 is 0 Å².